The summed E-state index contributed by atoms with van der Waals surface area (Å²) in [5.41, 5.74) is 1.69. The van der Waals surface area contributed by atoms with Gasteiger partial charge in [0.05, 0.1) is 29.9 Å². The van der Waals surface area contributed by atoms with Gasteiger partial charge in [-0.3, -0.25) is 4.98 Å². The van der Waals surface area contributed by atoms with Crippen LogP contribution in [0.5, 0.6) is 17.2 Å². The first-order chi connectivity index (χ1) is 15.0. The standard InChI is InChI=1S/C22H18ClFN4O3/c1-30-20-8-14-12-26-22(28-18-10-19(29)15(23)9-16(18)24)27-17(14)11-21(20)31-7-4-13-2-5-25-6-3-13/h2-3,5-6,8-12,29H,4,7H2,1H3,(H,26,27,28). The molecule has 9 heteroatoms. The van der Waals surface area contributed by atoms with Crippen LogP contribution in [0.2, 0.25) is 5.02 Å². The number of halogens is 2. The lowest BCUT2D eigenvalue weighted by atomic mass is 10.2. The Hall–Kier alpha value is -3.65. The maximum Gasteiger partial charge on any atom is 0.227 e. The van der Waals surface area contributed by atoms with Crippen molar-refractivity contribution >= 4 is 34.1 Å². The molecular weight excluding hydrogens is 423 g/mol. The fraction of sp³-hybridized carbons (Fsp3) is 0.136. The first-order valence-corrected chi connectivity index (χ1v) is 9.73. The van der Waals surface area contributed by atoms with E-state index in [1.807, 2.05) is 12.1 Å². The third kappa shape index (κ3) is 4.75. The van der Waals surface area contributed by atoms with Crippen LogP contribution in [-0.4, -0.2) is 33.8 Å². The predicted molar refractivity (Wildman–Crippen MR) is 116 cm³/mol. The van der Waals surface area contributed by atoms with Gasteiger partial charge in [0.1, 0.15) is 11.6 Å². The predicted octanol–water partition coefficient (Wildman–Crippen LogP) is 4.90. The molecule has 0 aliphatic rings. The van der Waals surface area contributed by atoms with E-state index in [0.717, 1.165) is 17.0 Å². The second-order valence-corrected chi connectivity index (χ2v) is 7.03. The van der Waals surface area contributed by atoms with Crippen molar-refractivity contribution < 1.29 is 19.0 Å². The third-order valence-electron chi connectivity index (χ3n) is 4.55. The molecule has 31 heavy (non-hydrogen) atoms. The van der Waals surface area contributed by atoms with Crippen molar-refractivity contribution in [3.63, 3.8) is 0 Å². The largest absolute Gasteiger partial charge is 0.506 e. The molecule has 4 rings (SSSR count). The number of aromatic nitrogens is 3. The summed E-state index contributed by atoms with van der Waals surface area (Å²) in [6.07, 6.45) is 5.77. The van der Waals surface area contributed by atoms with Gasteiger partial charge < -0.3 is 19.9 Å². The Labute approximate surface area is 182 Å². The van der Waals surface area contributed by atoms with Crippen molar-refractivity contribution in [1.29, 1.82) is 0 Å². The van der Waals surface area contributed by atoms with Gasteiger partial charge >= 0.3 is 0 Å². The SMILES string of the molecule is COc1cc2cnc(Nc3cc(O)c(Cl)cc3F)nc2cc1OCCc1ccncc1. The molecule has 0 aliphatic carbocycles. The van der Waals surface area contributed by atoms with E-state index >= 15 is 0 Å². The first kappa shape index (κ1) is 20.6. The highest BCUT2D eigenvalue weighted by atomic mass is 35.5. The summed E-state index contributed by atoms with van der Waals surface area (Å²) in [4.78, 5) is 12.6. The molecular formula is C22H18ClFN4O3. The number of aromatic hydroxyl groups is 1. The van der Waals surface area contributed by atoms with E-state index in [1.54, 1.807) is 37.8 Å². The summed E-state index contributed by atoms with van der Waals surface area (Å²) in [6.45, 7) is 0.442. The van der Waals surface area contributed by atoms with Crippen LogP contribution in [0.3, 0.4) is 0 Å². The van der Waals surface area contributed by atoms with Gasteiger partial charge in [0, 0.05) is 42.5 Å². The highest BCUT2D eigenvalue weighted by molar-refractivity contribution is 6.32. The molecule has 0 unspecified atom stereocenters. The van der Waals surface area contributed by atoms with Gasteiger partial charge in [-0.2, -0.15) is 0 Å². The number of phenolic OH excluding ortho intramolecular Hbond substituents is 1. The second kappa shape index (κ2) is 9.01. The number of ether oxygens (including phenoxy) is 2. The molecule has 7 nitrogen and oxygen atoms in total. The van der Waals surface area contributed by atoms with E-state index < -0.39 is 5.82 Å². The van der Waals surface area contributed by atoms with Gasteiger partial charge in [0.2, 0.25) is 5.95 Å². The number of hydrogen-bond donors (Lipinski definition) is 2. The van der Waals surface area contributed by atoms with Crippen molar-refractivity contribution in [1.82, 2.24) is 15.0 Å². The molecule has 0 fully saturated rings. The molecule has 0 saturated carbocycles. The number of fused-ring (bicyclic) bond motifs is 1. The van der Waals surface area contributed by atoms with Gasteiger partial charge in [0.25, 0.3) is 0 Å². The second-order valence-electron chi connectivity index (χ2n) is 6.62. The number of benzene rings is 2. The molecule has 2 aromatic carbocycles. The maximum atomic E-state index is 14.1. The van der Waals surface area contributed by atoms with Gasteiger partial charge in [-0.05, 0) is 29.8 Å². The van der Waals surface area contributed by atoms with Crippen LogP contribution in [0.15, 0.2) is 55.0 Å². The van der Waals surface area contributed by atoms with Crippen LogP contribution in [0.1, 0.15) is 5.56 Å². The minimum absolute atomic E-state index is 0.00332. The summed E-state index contributed by atoms with van der Waals surface area (Å²) < 4.78 is 25.5. The van der Waals surface area contributed by atoms with E-state index in [-0.39, 0.29) is 22.4 Å². The minimum atomic E-state index is -0.638. The van der Waals surface area contributed by atoms with E-state index in [0.29, 0.717) is 30.0 Å². The topological polar surface area (TPSA) is 89.4 Å². The van der Waals surface area contributed by atoms with E-state index in [2.05, 4.69) is 20.3 Å². The fourth-order valence-corrected chi connectivity index (χ4v) is 3.10. The number of pyridine rings is 1. The Kier molecular flexibility index (Phi) is 5.99. The molecule has 0 atom stereocenters. The van der Waals surface area contributed by atoms with Crippen LogP contribution in [0.4, 0.5) is 16.0 Å². The number of nitrogens with zero attached hydrogens (tertiary/aromatic N) is 3. The zero-order valence-corrected chi connectivity index (χ0v) is 17.2. The third-order valence-corrected chi connectivity index (χ3v) is 4.85. The van der Waals surface area contributed by atoms with Gasteiger partial charge in [-0.15, -0.1) is 0 Å². The lowest BCUT2D eigenvalue weighted by Crippen LogP contribution is -2.04. The molecule has 0 aliphatic heterocycles. The lowest BCUT2D eigenvalue weighted by Gasteiger charge is -2.13. The summed E-state index contributed by atoms with van der Waals surface area (Å²) in [5.74, 6) is 0.354. The van der Waals surface area contributed by atoms with Crippen LogP contribution >= 0.6 is 11.6 Å². The fourth-order valence-electron chi connectivity index (χ4n) is 2.95. The van der Waals surface area contributed by atoms with Crippen LogP contribution < -0.4 is 14.8 Å². The number of anilines is 2. The van der Waals surface area contributed by atoms with Crippen LogP contribution in [0, 0.1) is 5.82 Å². The van der Waals surface area contributed by atoms with E-state index in [1.165, 1.54) is 6.07 Å². The van der Waals surface area contributed by atoms with Crippen molar-refractivity contribution in [2.24, 2.45) is 0 Å². The Bertz CT molecular complexity index is 1220. The monoisotopic (exact) mass is 440 g/mol. The number of rotatable bonds is 7. The number of hydrogen-bond acceptors (Lipinski definition) is 7. The highest BCUT2D eigenvalue weighted by Crippen LogP contribution is 2.33. The van der Waals surface area contributed by atoms with Gasteiger partial charge in [-0.1, -0.05) is 11.6 Å². The minimum Gasteiger partial charge on any atom is -0.506 e. The molecule has 0 spiro atoms. The van der Waals surface area contributed by atoms with Crippen molar-refractivity contribution in [2.75, 3.05) is 19.0 Å². The zero-order chi connectivity index (χ0) is 21.8. The molecule has 2 N–H and O–H groups in total. The quantitative estimate of drug-likeness (QED) is 0.422. The zero-order valence-electron chi connectivity index (χ0n) is 16.5. The average Bonchev–Trinajstić information content (AvgIpc) is 2.77. The Morgan fingerprint density at radius 2 is 1.94 bits per heavy atom. The molecule has 0 saturated heterocycles. The first-order valence-electron chi connectivity index (χ1n) is 9.35. The number of nitrogens with one attached hydrogen (secondary N) is 1. The van der Waals surface area contributed by atoms with Crippen LogP contribution in [0.25, 0.3) is 10.9 Å². The Balaban J connectivity index is 1.57. The van der Waals surface area contributed by atoms with Crippen molar-refractivity contribution in [3.05, 3.63) is 71.4 Å². The summed E-state index contributed by atoms with van der Waals surface area (Å²) in [5, 5.41) is 13.1. The molecule has 2 heterocycles. The van der Waals surface area contributed by atoms with E-state index in [4.69, 9.17) is 21.1 Å². The van der Waals surface area contributed by atoms with Crippen LogP contribution in [-0.2, 0) is 6.42 Å². The Morgan fingerprint density at radius 1 is 1.13 bits per heavy atom. The summed E-state index contributed by atoms with van der Waals surface area (Å²) in [7, 11) is 1.56. The number of phenols is 1. The lowest BCUT2D eigenvalue weighted by molar-refractivity contribution is 0.298. The highest BCUT2D eigenvalue weighted by Gasteiger charge is 2.12. The molecule has 158 valence electrons. The summed E-state index contributed by atoms with van der Waals surface area (Å²) >= 11 is 5.72. The van der Waals surface area contributed by atoms with Crippen molar-refractivity contribution in [3.8, 4) is 17.2 Å². The molecule has 4 aromatic rings. The molecule has 0 amide bonds. The smallest absolute Gasteiger partial charge is 0.227 e. The van der Waals surface area contributed by atoms with Crippen molar-refractivity contribution in [2.45, 2.75) is 6.42 Å². The van der Waals surface area contributed by atoms with E-state index in [9.17, 15) is 9.50 Å². The van der Waals surface area contributed by atoms with Gasteiger partial charge in [-0.25, -0.2) is 14.4 Å². The molecule has 2 aromatic heterocycles. The average molecular weight is 441 g/mol. The number of methoxy groups -OCH3 is 1. The Morgan fingerprint density at radius 3 is 2.71 bits per heavy atom. The summed E-state index contributed by atoms with van der Waals surface area (Å²) in [6, 6.07) is 9.56. The van der Waals surface area contributed by atoms with Gasteiger partial charge in [0.15, 0.2) is 11.5 Å². The normalized spacial score (nSPS) is 10.8. The molecule has 0 bridgehead atoms. The molecule has 0 radical (unpaired) electrons. The maximum absolute atomic E-state index is 14.1.